The number of ether oxygens (including phenoxy) is 1. The van der Waals surface area contributed by atoms with Crippen LogP contribution in [0.1, 0.15) is 24.0 Å². The molecule has 0 unspecified atom stereocenters. The predicted octanol–water partition coefficient (Wildman–Crippen LogP) is 4.34. The van der Waals surface area contributed by atoms with E-state index in [0.717, 1.165) is 29.7 Å². The zero-order valence-electron chi connectivity index (χ0n) is 13.6. The lowest BCUT2D eigenvalue weighted by molar-refractivity contribution is 0.142. The molecule has 1 fully saturated rings. The van der Waals surface area contributed by atoms with Gasteiger partial charge in [-0.1, -0.05) is 23.8 Å². The third-order valence-corrected chi connectivity index (χ3v) is 4.02. The normalized spacial score (nSPS) is 14.4. The van der Waals surface area contributed by atoms with E-state index < -0.39 is 6.09 Å². The molecule has 3 rings (SSSR count). The molecule has 2 aromatic rings. The Morgan fingerprint density at radius 2 is 2.04 bits per heavy atom. The number of nitrogens with zero attached hydrogens (tertiary/aromatic N) is 2. The monoisotopic (exact) mass is 324 g/mol. The van der Waals surface area contributed by atoms with Crippen molar-refractivity contribution in [3.05, 3.63) is 59.3 Å². The Morgan fingerprint density at radius 3 is 2.75 bits per heavy atom. The third-order valence-electron chi connectivity index (χ3n) is 4.02. The molecule has 0 spiro atoms. The minimum absolute atomic E-state index is 0.560. The number of benzene rings is 1. The predicted molar refractivity (Wildman–Crippen MR) is 92.3 cm³/mol. The number of likely N-dealkylation sites (tertiary alicyclic amines) is 1. The first-order chi connectivity index (χ1) is 11.6. The first-order valence-electron chi connectivity index (χ1n) is 7.98. The molecule has 0 bridgehead atoms. The number of hydrogen-bond donors (Lipinski definition) is 1. The van der Waals surface area contributed by atoms with Gasteiger partial charge < -0.3 is 14.7 Å². The molecule has 1 aromatic heterocycles. The van der Waals surface area contributed by atoms with Crippen LogP contribution in [0.25, 0.3) is 6.08 Å². The molecule has 0 radical (unpaired) electrons. The molecule has 1 N–H and O–H groups in total. The molecular weight excluding hydrogens is 304 g/mol. The van der Waals surface area contributed by atoms with Crippen molar-refractivity contribution in [1.82, 2.24) is 9.88 Å². The summed E-state index contributed by atoms with van der Waals surface area (Å²) in [7, 11) is 0. The average Bonchev–Trinajstić information content (AvgIpc) is 2.56. The number of aromatic nitrogens is 1. The van der Waals surface area contributed by atoms with E-state index in [1.54, 1.807) is 6.20 Å². The second-order valence-corrected chi connectivity index (χ2v) is 5.92. The molecule has 5 nitrogen and oxygen atoms in total. The third kappa shape index (κ3) is 4.13. The first kappa shape index (κ1) is 16.1. The lowest BCUT2D eigenvalue weighted by atomic mass is 10.0. The maximum absolute atomic E-state index is 10.9. The van der Waals surface area contributed by atoms with Gasteiger partial charge in [0.15, 0.2) is 0 Å². The van der Waals surface area contributed by atoms with E-state index in [0.29, 0.717) is 19.0 Å². The van der Waals surface area contributed by atoms with Crippen molar-refractivity contribution < 1.29 is 14.6 Å². The van der Waals surface area contributed by atoms with Crippen molar-refractivity contribution in [3.8, 4) is 11.6 Å². The van der Waals surface area contributed by atoms with Gasteiger partial charge >= 0.3 is 6.09 Å². The fourth-order valence-electron chi connectivity index (χ4n) is 2.72. The van der Waals surface area contributed by atoms with E-state index in [-0.39, 0.29) is 0 Å². The fraction of sp³-hybridized carbons (Fsp3) is 0.263. The van der Waals surface area contributed by atoms with Gasteiger partial charge in [0.2, 0.25) is 5.88 Å². The zero-order valence-corrected chi connectivity index (χ0v) is 13.6. The molecule has 1 aromatic carbocycles. The molecule has 2 heterocycles. The van der Waals surface area contributed by atoms with Crippen molar-refractivity contribution in [2.75, 3.05) is 13.1 Å². The number of amides is 1. The lowest BCUT2D eigenvalue weighted by Crippen LogP contribution is -2.35. The Labute approximate surface area is 141 Å². The minimum Gasteiger partial charge on any atom is -0.465 e. The largest absolute Gasteiger partial charge is 0.465 e. The number of aryl methyl sites for hydroxylation is 1. The maximum Gasteiger partial charge on any atom is 0.407 e. The van der Waals surface area contributed by atoms with Gasteiger partial charge in [0.1, 0.15) is 5.75 Å². The molecule has 24 heavy (non-hydrogen) atoms. The number of rotatable bonds is 3. The Balaban J connectivity index is 1.69. The summed E-state index contributed by atoms with van der Waals surface area (Å²) >= 11 is 0. The van der Waals surface area contributed by atoms with Crippen LogP contribution in [-0.4, -0.2) is 34.2 Å². The summed E-state index contributed by atoms with van der Waals surface area (Å²) < 4.78 is 5.81. The van der Waals surface area contributed by atoms with Crippen LogP contribution in [0.4, 0.5) is 4.79 Å². The second kappa shape index (κ2) is 7.17. The fourth-order valence-corrected chi connectivity index (χ4v) is 2.72. The first-order valence-corrected chi connectivity index (χ1v) is 7.98. The smallest absolute Gasteiger partial charge is 0.407 e. The van der Waals surface area contributed by atoms with Gasteiger partial charge in [0, 0.05) is 25.4 Å². The van der Waals surface area contributed by atoms with Crippen molar-refractivity contribution in [2.24, 2.45) is 0 Å². The van der Waals surface area contributed by atoms with E-state index in [1.165, 1.54) is 10.5 Å². The molecule has 1 aliphatic rings. The summed E-state index contributed by atoms with van der Waals surface area (Å²) in [5.41, 5.74) is 3.42. The van der Waals surface area contributed by atoms with Crippen molar-refractivity contribution in [1.29, 1.82) is 0 Å². The van der Waals surface area contributed by atoms with Gasteiger partial charge in [0.05, 0.1) is 0 Å². The van der Waals surface area contributed by atoms with E-state index in [1.807, 2.05) is 43.3 Å². The maximum atomic E-state index is 10.9. The summed E-state index contributed by atoms with van der Waals surface area (Å²) in [6.45, 7) is 3.12. The van der Waals surface area contributed by atoms with Gasteiger partial charge in [0.25, 0.3) is 0 Å². The summed E-state index contributed by atoms with van der Waals surface area (Å²) in [5.74, 6) is 1.32. The highest BCUT2D eigenvalue weighted by molar-refractivity contribution is 5.65. The van der Waals surface area contributed by atoms with Gasteiger partial charge in [-0.3, -0.25) is 0 Å². The van der Waals surface area contributed by atoms with Crippen LogP contribution >= 0.6 is 0 Å². The second-order valence-electron chi connectivity index (χ2n) is 5.92. The highest BCUT2D eigenvalue weighted by Gasteiger charge is 2.17. The topological polar surface area (TPSA) is 62.7 Å². The van der Waals surface area contributed by atoms with Crippen LogP contribution in [0.3, 0.4) is 0 Å². The Kier molecular flexibility index (Phi) is 4.79. The highest BCUT2D eigenvalue weighted by atomic mass is 16.5. The van der Waals surface area contributed by atoms with Gasteiger partial charge in [-0.2, -0.15) is 0 Å². The van der Waals surface area contributed by atoms with Crippen LogP contribution in [0, 0.1) is 6.92 Å². The van der Waals surface area contributed by atoms with Gasteiger partial charge in [-0.15, -0.1) is 0 Å². The SMILES string of the molecule is Cc1ccnc(Oc2cccc(C=C3CCN(C(=O)O)CC3)c2)c1. The standard InChI is InChI=1S/C19H20N2O3/c1-14-5-8-20-18(11-14)24-17-4-2-3-16(13-17)12-15-6-9-21(10-7-15)19(22)23/h2-5,8,11-13H,6-7,9-10H2,1H3,(H,22,23). The van der Waals surface area contributed by atoms with Crippen LogP contribution in [0.15, 0.2) is 48.2 Å². The molecule has 1 saturated heterocycles. The quantitative estimate of drug-likeness (QED) is 0.912. The number of piperidine rings is 1. The average molecular weight is 324 g/mol. The summed E-state index contributed by atoms with van der Waals surface area (Å²) in [4.78, 5) is 16.6. The minimum atomic E-state index is -0.838. The zero-order chi connectivity index (χ0) is 16.9. The summed E-state index contributed by atoms with van der Waals surface area (Å²) in [6, 6.07) is 11.7. The molecular formula is C19H20N2O3. The van der Waals surface area contributed by atoms with Crippen LogP contribution in [0.2, 0.25) is 0 Å². The van der Waals surface area contributed by atoms with Crippen molar-refractivity contribution >= 4 is 12.2 Å². The van der Waals surface area contributed by atoms with Gasteiger partial charge in [-0.05, 0) is 49.1 Å². The Bertz CT molecular complexity index is 761. The highest BCUT2D eigenvalue weighted by Crippen LogP contribution is 2.24. The Morgan fingerprint density at radius 1 is 1.25 bits per heavy atom. The number of carboxylic acid groups (broad SMARTS) is 1. The van der Waals surface area contributed by atoms with Crippen molar-refractivity contribution in [2.45, 2.75) is 19.8 Å². The number of pyridine rings is 1. The van der Waals surface area contributed by atoms with Crippen LogP contribution in [0.5, 0.6) is 11.6 Å². The lowest BCUT2D eigenvalue weighted by Gasteiger charge is -2.25. The number of hydrogen-bond acceptors (Lipinski definition) is 3. The van der Waals surface area contributed by atoms with Crippen LogP contribution < -0.4 is 4.74 Å². The van der Waals surface area contributed by atoms with E-state index in [9.17, 15) is 4.79 Å². The Hall–Kier alpha value is -2.82. The number of carbonyl (C=O) groups is 1. The molecule has 124 valence electrons. The summed E-state index contributed by atoms with van der Waals surface area (Å²) in [6.07, 6.45) is 4.56. The molecule has 5 heteroatoms. The van der Waals surface area contributed by atoms with Crippen LogP contribution in [-0.2, 0) is 0 Å². The molecule has 0 atom stereocenters. The molecule has 0 saturated carbocycles. The molecule has 1 aliphatic heterocycles. The molecule has 0 aliphatic carbocycles. The van der Waals surface area contributed by atoms with Gasteiger partial charge in [-0.25, -0.2) is 9.78 Å². The summed E-state index contributed by atoms with van der Waals surface area (Å²) in [5, 5.41) is 8.99. The molecule has 1 amide bonds. The van der Waals surface area contributed by atoms with E-state index in [2.05, 4.69) is 11.1 Å². The van der Waals surface area contributed by atoms with E-state index >= 15 is 0 Å². The van der Waals surface area contributed by atoms with E-state index in [4.69, 9.17) is 9.84 Å². The van der Waals surface area contributed by atoms with Crippen molar-refractivity contribution in [3.63, 3.8) is 0 Å².